The SMILES string of the molecule is c1ccc(-c2ccc3c4c5sc6ccccc6c5ccc4n(-c4cc(-c5nc(-c6ccccc6)nc(-c6ccccc6)n5)c5sc6ccccc6c5c4)c3c2)cc1. The highest BCUT2D eigenvalue weighted by molar-refractivity contribution is 7.27. The molecular formula is C51H30N4S2. The minimum Gasteiger partial charge on any atom is -0.309 e. The van der Waals surface area contributed by atoms with Crippen LogP contribution < -0.4 is 0 Å². The average Bonchev–Trinajstić information content (AvgIpc) is 3.96. The summed E-state index contributed by atoms with van der Waals surface area (Å²) >= 11 is 3.68. The highest BCUT2D eigenvalue weighted by Crippen LogP contribution is 2.46. The largest absolute Gasteiger partial charge is 0.309 e. The van der Waals surface area contributed by atoms with Crippen molar-refractivity contribution in [2.75, 3.05) is 0 Å². The summed E-state index contributed by atoms with van der Waals surface area (Å²) in [5.74, 6) is 1.95. The summed E-state index contributed by atoms with van der Waals surface area (Å²) in [6.45, 7) is 0. The number of fused-ring (bicyclic) bond motifs is 10. The zero-order chi connectivity index (χ0) is 37.5. The molecule has 12 aromatic rings. The number of hydrogen-bond donors (Lipinski definition) is 0. The third-order valence-corrected chi connectivity index (χ3v) is 13.5. The van der Waals surface area contributed by atoms with Crippen LogP contribution >= 0.6 is 22.7 Å². The molecule has 0 aliphatic heterocycles. The monoisotopic (exact) mass is 762 g/mol. The van der Waals surface area contributed by atoms with E-state index in [9.17, 15) is 0 Å². The lowest BCUT2D eigenvalue weighted by molar-refractivity contribution is 1.07. The maximum absolute atomic E-state index is 5.26. The van der Waals surface area contributed by atoms with E-state index in [1.54, 1.807) is 11.3 Å². The van der Waals surface area contributed by atoms with Crippen LogP contribution in [0.5, 0.6) is 0 Å². The van der Waals surface area contributed by atoms with Gasteiger partial charge in [0.15, 0.2) is 17.5 Å². The molecule has 0 saturated carbocycles. The Kier molecular flexibility index (Phi) is 7.24. The molecule has 0 radical (unpaired) electrons. The van der Waals surface area contributed by atoms with Crippen LogP contribution in [0.4, 0.5) is 0 Å². The van der Waals surface area contributed by atoms with Gasteiger partial charge in [0.2, 0.25) is 0 Å². The van der Waals surface area contributed by atoms with E-state index in [4.69, 9.17) is 15.0 Å². The van der Waals surface area contributed by atoms with Gasteiger partial charge in [-0.2, -0.15) is 0 Å². The van der Waals surface area contributed by atoms with Crippen molar-refractivity contribution in [3.8, 4) is 51.0 Å². The number of benzene rings is 8. The minimum absolute atomic E-state index is 0.649. The summed E-state index contributed by atoms with van der Waals surface area (Å²) in [6.07, 6.45) is 0. The van der Waals surface area contributed by atoms with Crippen LogP contribution in [0.3, 0.4) is 0 Å². The molecule has 0 aliphatic rings. The second-order valence-corrected chi connectivity index (χ2v) is 16.5. The smallest absolute Gasteiger partial charge is 0.165 e. The quantitative estimate of drug-likeness (QED) is 0.175. The first kappa shape index (κ1) is 32.3. The van der Waals surface area contributed by atoms with Gasteiger partial charge < -0.3 is 4.57 Å². The molecule has 12 rings (SSSR count). The lowest BCUT2D eigenvalue weighted by Gasteiger charge is -2.13. The highest BCUT2D eigenvalue weighted by atomic mass is 32.1. The average molecular weight is 763 g/mol. The van der Waals surface area contributed by atoms with Gasteiger partial charge in [-0.1, -0.05) is 146 Å². The Bertz CT molecular complexity index is 3450. The number of aromatic nitrogens is 4. The Morgan fingerprint density at radius 2 is 0.895 bits per heavy atom. The molecule has 0 bridgehead atoms. The van der Waals surface area contributed by atoms with Crippen molar-refractivity contribution in [1.29, 1.82) is 0 Å². The molecule has 57 heavy (non-hydrogen) atoms. The lowest BCUT2D eigenvalue weighted by Crippen LogP contribution is -2.01. The van der Waals surface area contributed by atoms with E-state index in [2.05, 4.69) is 150 Å². The molecule has 0 amide bonds. The molecule has 4 heterocycles. The van der Waals surface area contributed by atoms with Crippen molar-refractivity contribution in [2.24, 2.45) is 0 Å². The molecule has 0 saturated heterocycles. The maximum atomic E-state index is 5.26. The van der Waals surface area contributed by atoms with E-state index >= 15 is 0 Å². The second kappa shape index (κ2) is 12.8. The molecule has 0 atom stereocenters. The van der Waals surface area contributed by atoms with E-state index in [1.807, 2.05) is 47.7 Å². The summed E-state index contributed by atoms with van der Waals surface area (Å²) in [7, 11) is 0. The molecule has 4 aromatic heterocycles. The Hall–Kier alpha value is -6.99. The topological polar surface area (TPSA) is 43.6 Å². The van der Waals surface area contributed by atoms with Crippen molar-refractivity contribution >= 4 is 84.8 Å². The second-order valence-electron chi connectivity index (χ2n) is 14.4. The first-order chi connectivity index (χ1) is 28.2. The van der Waals surface area contributed by atoms with Gasteiger partial charge in [-0.15, -0.1) is 22.7 Å². The summed E-state index contributed by atoms with van der Waals surface area (Å²) in [5, 5.41) is 7.51. The van der Waals surface area contributed by atoms with Crippen LogP contribution in [-0.2, 0) is 0 Å². The Balaban J connectivity index is 1.20. The number of rotatable bonds is 5. The third kappa shape index (κ3) is 5.15. The molecule has 0 N–H and O–H groups in total. The van der Waals surface area contributed by atoms with Crippen molar-refractivity contribution in [1.82, 2.24) is 19.5 Å². The predicted molar refractivity (Wildman–Crippen MR) is 242 cm³/mol. The maximum Gasteiger partial charge on any atom is 0.165 e. The summed E-state index contributed by atoms with van der Waals surface area (Å²) in [4.78, 5) is 15.6. The van der Waals surface area contributed by atoms with Gasteiger partial charge in [0, 0.05) is 73.5 Å². The Labute approximate surface area is 335 Å². The molecule has 266 valence electrons. The van der Waals surface area contributed by atoms with Crippen molar-refractivity contribution in [3.05, 3.63) is 182 Å². The Morgan fingerprint density at radius 3 is 1.56 bits per heavy atom. The van der Waals surface area contributed by atoms with Crippen LogP contribution in [-0.4, -0.2) is 19.5 Å². The standard InChI is InChI=1S/C51H30N4S2/c1-4-14-31(15-5-1)34-24-25-39-43(28-34)55(42-27-26-38-36-20-10-12-22-44(36)57-48(38)46(39)42)35-29-40-37-21-11-13-23-45(37)56-47(40)41(30-35)51-53-49(32-16-6-2-7-17-32)52-50(54-51)33-18-8-3-9-19-33/h1-30H. The molecule has 0 unspecified atom stereocenters. The summed E-state index contributed by atoms with van der Waals surface area (Å²) in [5.41, 5.74) is 8.65. The lowest BCUT2D eigenvalue weighted by atomic mass is 10.0. The Morgan fingerprint density at radius 1 is 0.351 bits per heavy atom. The number of nitrogens with zero attached hydrogens (tertiary/aromatic N) is 4. The van der Waals surface area contributed by atoms with Crippen molar-refractivity contribution in [3.63, 3.8) is 0 Å². The van der Waals surface area contributed by atoms with Crippen LogP contribution in [0, 0.1) is 0 Å². The van der Waals surface area contributed by atoms with E-state index in [-0.39, 0.29) is 0 Å². The first-order valence-electron chi connectivity index (χ1n) is 19.0. The number of thiophene rings is 2. The molecule has 4 nitrogen and oxygen atoms in total. The van der Waals surface area contributed by atoms with E-state index in [1.165, 1.54) is 63.1 Å². The van der Waals surface area contributed by atoms with Gasteiger partial charge in [0.05, 0.1) is 11.0 Å². The molecule has 6 heteroatoms. The zero-order valence-electron chi connectivity index (χ0n) is 30.4. The van der Waals surface area contributed by atoms with Crippen LogP contribution in [0.25, 0.3) is 113 Å². The predicted octanol–water partition coefficient (Wildman–Crippen LogP) is 14.4. The summed E-state index contributed by atoms with van der Waals surface area (Å²) in [6, 6.07) is 64.9. The van der Waals surface area contributed by atoms with Crippen molar-refractivity contribution in [2.45, 2.75) is 0 Å². The normalized spacial score (nSPS) is 11.9. The van der Waals surface area contributed by atoms with Gasteiger partial charge in [-0.25, -0.2) is 15.0 Å². The minimum atomic E-state index is 0.649. The highest BCUT2D eigenvalue weighted by Gasteiger charge is 2.22. The molecule has 0 aliphatic carbocycles. The van der Waals surface area contributed by atoms with Crippen molar-refractivity contribution < 1.29 is 0 Å². The fourth-order valence-corrected chi connectivity index (χ4v) is 10.9. The van der Waals surface area contributed by atoms with Gasteiger partial charge >= 0.3 is 0 Å². The van der Waals surface area contributed by atoms with Gasteiger partial charge in [-0.3, -0.25) is 0 Å². The first-order valence-corrected chi connectivity index (χ1v) is 20.7. The van der Waals surface area contributed by atoms with E-state index in [0.717, 1.165) is 32.6 Å². The fraction of sp³-hybridized carbons (Fsp3) is 0. The fourth-order valence-electron chi connectivity index (χ4n) is 8.41. The van der Waals surface area contributed by atoms with Crippen LogP contribution in [0.15, 0.2) is 182 Å². The van der Waals surface area contributed by atoms with E-state index < -0.39 is 0 Å². The van der Waals surface area contributed by atoms with Crippen LogP contribution in [0.1, 0.15) is 0 Å². The summed E-state index contributed by atoms with van der Waals surface area (Å²) < 4.78 is 7.46. The number of hydrogen-bond acceptors (Lipinski definition) is 5. The van der Waals surface area contributed by atoms with E-state index in [0.29, 0.717) is 17.5 Å². The molecule has 8 aromatic carbocycles. The van der Waals surface area contributed by atoms with Gasteiger partial charge in [-0.05, 0) is 47.5 Å². The van der Waals surface area contributed by atoms with Crippen LogP contribution in [0.2, 0.25) is 0 Å². The van der Waals surface area contributed by atoms with Gasteiger partial charge in [0.1, 0.15) is 0 Å². The molecule has 0 spiro atoms. The third-order valence-electron chi connectivity index (χ3n) is 11.0. The van der Waals surface area contributed by atoms with Gasteiger partial charge in [0.25, 0.3) is 0 Å². The zero-order valence-corrected chi connectivity index (χ0v) is 32.1. The molecule has 0 fully saturated rings. The molecular weight excluding hydrogens is 733 g/mol.